The Labute approximate surface area is 131 Å². The molecule has 1 heterocycles. The molecule has 1 aliphatic rings. The van der Waals surface area contributed by atoms with Crippen molar-refractivity contribution in [1.29, 1.82) is 0 Å². The standard InChI is InChI=1S/C16H24N4O2/c1-13(17-16(22)18(2)3)15(21)20-11-9-19(10-12-20)14-7-5-4-6-8-14/h4-8,13H,9-12H2,1-3H3,(H,17,22)/t13-/m0/s1. The van der Waals surface area contributed by atoms with Gasteiger partial charge in [-0.05, 0) is 19.1 Å². The number of carbonyl (C=O) groups is 2. The Hall–Kier alpha value is -2.24. The molecule has 0 aromatic heterocycles. The van der Waals surface area contributed by atoms with Gasteiger partial charge < -0.3 is 20.0 Å². The van der Waals surface area contributed by atoms with Crippen LogP contribution in [0.2, 0.25) is 0 Å². The monoisotopic (exact) mass is 304 g/mol. The van der Waals surface area contributed by atoms with Crippen LogP contribution in [0.15, 0.2) is 30.3 Å². The third-order valence-electron chi connectivity index (χ3n) is 3.83. The topological polar surface area (TPSA) is 55.9 Å². The molecule has 120 valence electrons. The molecule has 3 amide bonds. The van der Waals surface area contributed by atoms with Gasteiger partial charge in [0.1, 0.15) is 6.04 Å². The fourth-order valence-corrected chi connectivity index (χ4v) is 2.47. The lowest BCUT2D eigenvalue weighted by Crippen LogP contribution is -2.55. The van der Waals surface area contributed by atoms with Crippen LogP contribution in [-0.2, 0) is 4.79 Å². The number of carbonyl (C=O) groups excluding carboxylic acids is 2. The minimum atomic E-state index is -0.502. The van der Waals surface area contributed by atoms with Crippen molar-refractivity contribution in [3.05, 3.63) is 30.3 Å². The number of hydrogen-bond acceptors (Lipinski definition) is 3. The average molecular weight is 304 g/mol. The lowest BCUT2D eigenvalue weighted by Gasteiger charge is -2.37. The molecule has 1 aromatic rings. The van der Waals surface area contributed by atoms with E-state index in [9.17, 15) is 9.59 Å². The van der Waals surface area contributed by atoms with Gasteiger partial charge in [-0.15, -0.1) is 0 Å². The second-order valence-electron chi connectivity index (χ2n) is 5.71. The van der Waals surface area contributed by atoms with Gasteiger partial charge in [0.15, 0.2) is 0 Å². The van der Waals surface area contributed by atoms with Crippen LogP contribution in [0.25, 0.3) is 0 Å². The molecule has 1 aliphatic heterocycles. The van der Waals surface area contributed by atoms with Crippen LogP contribution in [0.4, 0.5) is 10.5 Å². The minimum Gasteiger partial charge on any atom is -0.368 e. The van der Waals surface area contributed by atoms with Gasteiger partial charge in [-0.2, -0.15) is 0 Å². The number of anilines is 1. The summed E-state index contributed by atoms with van der Waals surface area (Å²) < 4.78 is 0. The summed E-state index contributed by atoms with van der Waals surface area (Å²) in [4.78, 5) is 29.5. The Morgan fingerprint density at radius 3 is 2.23 bits per heavy atom. The van der Waals surface area contributed by atoms with Crippen LogP contribution >= 0.6 is 0 Å². The zero-order valence-electron chi connectivity index (χ0n) is 13.5. The maximum Gasteiger partial charge on any atom is 0.317 e. The molecule has 0 aliphatic carbocycles. The molecule has 6 heteroatoms. The Morgan fingerprint density at radius 2 is 1.68 bits per heavy atom. The van der Waals surface area contributed by atoms with E-state index in [0.717, 1.165) is 13.1 Å². The molecule has 6 nitrogen and oxygen atoms in total. The van der Waals surface area contributed by atoms with E-state index in [-0.39, 0.29) is 11.9 Å². The highest BCUT2D eigenvalue weighted by Crippen LogP contribution is 2.15. The number of amides is 3. The number of rotatable bonds is 3. The Balaban J connectivity index is 1.86. The van der Waals surface area contributed by atoms with Crippen LogP contribution in [0.3, 0.4) is 0 Å². The van der Waals surface area contributed by atoms with Crippen molar-refractivity contribution in [3.63, 3.8) is 0 Å². The fourth-order valence-electron chi connectivity index (χ4n) is 2.47. The summed E-state index contributed by atoms with van der Waals surface area (Å²) in [5, 5.41) is 2.70. The van der Waals surface area contributed by atoms with E-state index in [1.807, 2.05) is 23.1 Å². The van der Waals surface area contributed by atoms with Crippen LogP contribution in [0.5, 0.6) is 0 Å². The van der Waals surface area contributed by atoms with E-state index < -0.39 is 6.04 Å². The summed E-state index contributed by atoms with van der Waals surface area (Å²) >= 11 is 0. The number of hydrogen-bond donors (Lipinski definition) is 1. The average Bonchev–Trinajstić information content (AvgIpc) is 2.55. The molecule has 1 atom stereocenters. The molecule has 0 spiro atoms. The Morgan fingerprint density at radius 1 is 1.09 bits per heavy atom. The number of urea groups is 1. The summed E-state index contributed by atoms with van der Waals surface area (Å²) in [6.07, 6.45) is 0. The Bertz CT molecular complexity index is 510. The third kappa shape index (κ3) is 3.90. The molecule has 2 rings (SSSR count). The van der Waals surface area contributed by atoms with Crippen LogP contribution in [0, 0.1) is 0 Å². The first-order valence-corrected chi connectivity index (χ1v) is 7.55. The summed E-state index contributed by atoms with van der Waals surface area (Å²) in [6, 6.07) is 9.45. The summed E-state index contributed by atoms with van der Waals surface area (Å²) in [7, 11) is 3.32. The van der Waals surface area contributed by atoms with Gasteiger partial charge in [-0.3, -0.25) is 4.79 Å². The second kappa shape index (κ2) is 7.15. The van der Waals surface area contributed by atoms with Gasteiger partial charge >= 0.3 is 6.03 Å². The number of piperazine rings is 1. The molecule has 22 heavy (non-hydrogen) atoms. The SMILES string of the molecule is C[C@H](NC(=O)N(C)C)C(=O)N1CCN(c2ccccc2)CC1. The molecule has 1 saturated heterocycles. The van der Waals surface area contributed by atoms with E-state index in [2.05, 4.69) is 22.3 Å². The molecule has 1 aromatic carbocycles. The van der Waals surface area contributed by atoms with Crippen LogP contribution < -0.4 is 10.2 Å². The first kappa shape index (κ1) is 16.1. The number of nitrogens with one attached hydrogen (secondary N) is 1. The van der Waals surface area contributed by atoms with E-state index in [0.29, 0.717) is 13.1 Å². The summed E-state index contributed by atoms with van der Waals surface area (Å²) in [5.41, 5.74) is 1.18. The molecular weight excluding hydrogens is 280 g/mol. The van der Waals surface area contributed by atoms with Gasteiger partial charge in [0.2, 0.25) is 5.91 Å². The fraction of sp³-hybridized carbons (Fsp3) is 0.500. The predicted octanol–water partition coefficient (Wildman–Crippen LogP) is 0.995. The van der Waals surface area contributed by atoms with Gasteiger partial charge in [0, 0.05) is 46.0 Å². The maximum absolute atomic E-state index is 12.4. The van der Waals surface area contributed by atoms with Gasteiger partial charge in [0.25, 0.3) is 0 Å². The third-order valence-corrected chi connectivity index (χ3v) is 3.83. The lowest BCUT2D eigenvalue weighted by atomic mass is 10.2. The molecule has 1 N–H and O–H groups in total. The highest BCUT2D eigenvalue weighted by Gasteiger charge is 2.26. The highest BCUT2D eigenvalue weighted by molar-refractivity contribution is 5.86. The summed E-state index contributed by atoms with van der Waals surface area (Å²) in [6.45, 7) is 4.70. The normalized spacial score (nSPS) is 16.1. The van der Waals surface area contributed by atoms with Crippen molar-refractivity contribution >= 4 is 17.6 Å². The zero-order valence-corrected chi connectivity index (χ0v) is 13.5. The highest BCUT2D eigenvalue weighted by atomic mass is 16.2. The number of benzene rings is 1. The van der Waals surface area contributed by atoms with Gasteiger partial charge in [-0.25, -0.2) is 4.79 Å². The zero-order chi connectivity index (χ0) is 16.1. The predicted molar refractivity (Wildman–Crippen MR) is 86.9 cm³/mol. The Kier molecular flexibility index (Phi) is 5.25. The van der Waals surface area contributed by atoms with Crippen molar-refractivity contribution in [2.24, 2.45) is 0 Å². The van der Waals surface area contributed by atoms with E-state index >= 15 is 0 Å². The number of nitrogens with zero attached hydrogens (tertiary/aromatic N) is 3. The molecule has 0 saturated carbocycles. The molecule has 0 radical (unpaired) electrons. The van der Waals surface area contributed by atoms with Gasteiger partial charge in [-0.1, -0.05) is 18.2 Å². The van der Waals surface area contributed by atoms with Crippen molar-refractivity contribution in [3.8, 4) is 0 Å². The minimum absolute atomic E-state index is 0.0251. The van der Waals surface area contributed by atoms with Crippen molar-refractivity contribution < 1.29 is 9.59 Å². The first-order chi connectivity index (χ1) is 10.5. The quantitative estimate of drug-likeness (QED) is 0.906. The molecule has 0 unspecified atom stereocenters. The maximum atomic E-state index is 12.4. The summed E-state index contributed by atoms with van der Waals surface area (Å²) in [5.74, 6) is -0.0251. The largest absolute Gasteiger partial charge is 0.368 e. The van der Waals surface area contributed by atoms with Crippen LogP contribution in [-0.4, -0.2) is 68.1 Å². The van der Waals surface area contributed by atoms with Crippen LogP contribution in [0.1, 0.15) is 6.92 Å². The number of para-hydroxylation sites is 1. The second-order valence-corrected chi connectivity index (χ2v) is 5.71. The molecule has 0 bridgehead atoms. The van der Waals surface area contributed by atoms with Gasteiger partial charge in [0.05, 0.1) is 0 Å². The lowest BCUT2D eigenvalue weighted by molar-refractivity contribution is -0.133. The first-order valence-electron chi connectivity index (χ1n) is 7.55. The van der Waals surface area contributed by atoms with Crippen molar-refractivity contribution in [2.75, 3.05) is 45.2 Å². The van der Waals surface area contributed by atoms with E-state index in [1.54, 1.807) is 21.0 Å². The molecular formula is C16H24N4O2. The molecule has 1 fully saturated rings. The van der Waals surface area contributed by atoms with E-state index in [4.69, 9.17) is 0 Å². The van der Waals surface area contributed by atoms with Crippen molar-refractivity contribution in [2.45, 2.75) is 13.0 Å². The van der Waals surface area contributed by atoms with E-state index in [1.165, 1.54) is 10.6 Å². The van der Waals surface area contributed by atoms with Crippen molar-refractivity contribution in [1.82, 2.24) is 15.1 Å². The smallest absolute Gasteiger partial charge is 0.317 e.